The predicted molar refractivity (Wildman–Crippen MR) is 124 cm³/mol. The molecule has 1 aliphatic carbocycles. The molecule has 0 saturated heterocycles. The number of amides is 2. The molecule has 9 heteroatoms. The van der Waals surface area contributed by atoms with E-state index in [2.05, 4.69) is 15.4 Å². The Morgan fingerprint density at radius 3 is 2.06 bits per heavy atom. The van der Waals surface area contributed by atoms with E-state index in [-0.39, 0.29) is 16.7 Å². The number of carbonyl (C=O) groups excluding carboxylic acids is 2. The van der Waals surface area contributed by atoms with E-state index in [4.69, 9.17) is 11.6 Å². The molecule has 3 N–H and O–H groups in total. The highest BCUT2D eigenvalue weighted by Crippen LogP contribution is 2.30. The average molecular weight is 470 g/mol. The summed E-state index contributed by atoms with van der Waals surface area (Å²) in [6, 6.07) is 18.7. The van der Waals surface area contributed by atoms with Crippen molar-refractivity contribution in [3.8, 4) is 0 Å². The summed E-state index contributed by atoms with van der Waals surface area (Å²) in [4.78, 5) is 24.5. The van der Waals surface area contributed by atoms with Gasteiger partial charge in [0.25, 0.3) is 15.9 Å². The number of halogens is 1. The van der Waals surface area contributed by atoms with Gasteiger partial charge in [-0.3, -0.25) is 14.3 Å². The van der Waals surface area contributed by atoms with Crippen LogP contribution in [0.5, 0.6) is 0 Å². The fourth-order valence-corrected chi connectivity index (χ4v) is 4.17. The van der Waals surface area contributed by atoms with Crippen molar-refractivity contribution in [1.82, 2.24) is 0 Å². The maximum Gasteiger partial charge on any atom is 0.261 e. The molecule has 2 amide bonds. The van der Waals surface area contributed by atoms with Crippen LogP contribution >= 0.6 is 11.6 Å². The molecule has 0 spiro atoms. The van der Waals surface area contributed by atoms with E-state index < -0.39 is 15.9 Å². The summed E-state index contributed by atoms with van der Waals surface area (Å²) in [5, 5.41) is 6.08. The molecular formula is C23H20ClN3O4S. The molecule has 0 aromatic heterocycles. The second-order valence-corrected chi connectivity index (χ2v) is 9.55. The van der Waals surface area contributed by atoms with Crippen molar-refractivity contribution >= 4 is 50.5 Å². The Labute approximate surface area is 190 Å². The zero-order valence-electron chi connectivity index (χ0n) is 16.8. The lowest BCUT2D eigenvalue weighted by Crippen LogP contribution is -2.15. The molecule has 0 atom stereocenters. The molecule has 1 fully saturated rings. The quantitative estimate of drug-likeness (QED) is 0.464. The van der Waals surface area contributed by atoms with E-state index >= 15 is 0 Å². The molecule has 0 radical (unpaired) electrons. The van der Waals surface area contributed by atoms with Gasteiger partial charge in [0, 0.05) is 33.6 Å². The number of rotatable bonds is 7. The Balaban J connectivity index is 1.41. The first-order valence-corrected chi connectivity index (χ1v) is 11.8. The fourth-order valence-electron chi connectivity index (χ4n) is 2.99. The maximum absolute atomic E-state index is 12.6. The van der Waals surface area contributed by atoms with Gasteiger partial charge in [0.2, 0.25) is 5.91 Å². The monoisotopic (exact) mass is 469 g/mol. The molecule has 0 heterocycles. The zero-order chi connectivity index (χ0) is 22.7. The maximum atomic E-state index is 12.6. The molecule has 7 nitrogen and oxygen atoms in total. The van der Waals surface area contributed by atoms with Crippen LogP contribution in [0.3, 0.4) is 0 Å². The van der Waals surface area contributed by atoms with Gasteiger partial charge in [0.05, 0.1) is 4.90 Å². The van der Waals surface area contributed by atoms with Crippen LogP contribution in [-0.4, -0.2) is 20.2 Å². The van der Waals surface area contributed by atoms with E-state index in [1.54, 1.807) is 48.5 Å². The first-order valence-electron chi connectivity index (χ1n) is 9.91. The van der Waals surface area contributed by atoms with Gasteiger partial charge in [-0.25, -0.2) is 8.42 Å². The third-order valence-corrected chi connectivity index (χ3v) is 6.51. The first kappa shape index (κ1) is 21.9. The molecule has 0 aliphatic heterocycles. The van der Waals surface area contributed by atoms with Crippen LogP contribution in [0.4, 0.5) is 17.1 Å². The van der Waals surface area contributed by atoms with Crippen molar-refractivity contribution < 1.29 is 18.0 Å². The third kappa shape index (κ3) is 5.46. The number of hydrogen-bond acceptors (Lipinski definition) is 4. The summed E-state index contributed by atoms with van der Waals surface area (Å²) in [6.07, 6.45) is 1.81. The van der Waals surface area contributed by atoms with Crippen molar-refractivity contribution in [2.45, 2.75) is 17.7 Å². The zero-order valence-corrected chi connectivity index (χ0v) is 18.4. The molecule has 3 aromatic rings. The molecule has 1 saturated carbocycles. The Bertz CT molecular complexity index is 1260. The minimum absolute atomic E-state index is 0.0162. The van der Waals surface area contributed by atoms with Gasteiger partial charge in [0.1, 0.15) is 0 Å². The van der Waals surface area contributed by atoms with Gasteiger partial charge in [-0.1, -0.05) is 17.7 Å². The van der Waals surface area contributed by atoms with Crippen molar-refractivity contribution in [2.24, 2.45) is 5.92 Å². The third-order valence-electron chi connectivity index (χ3n) is 4.86. The highest BCUT2D eigenvalue weighted by atomic mass is 35.5. The van der Waals surface area contributed by atoms with Crippen LogP contribution in [0, 0.1) is 5.92 Å². The van der Waals surface area contributed by atoms with E-state index in [0.717, 1.165) is 12.8 Å². The number of anilines is 3. The van der Waals surface area contributed by atoms with Gasteiger partial charge >= 0.3 is 0 Å². The van der Waals surface area contributed by atoms with Crippen LogP contribution in [-0.2, 0) is 14.8 Å². The Hall–Kier alpha value is -3.36. The first-order chi connectivity index (χ1) is 15.3. The van der Waals surface area contributed by atoms with Gasteiger partial charge in [0.15, 0.2) is 0 Å². The van der Waals surface area contributed by atoms with Crippen molar-refractivity contribution in [2.75, 3.05) is 15.4 Å². The number of carbonyl (C=O) groups is 2. The van der Waals surface area contributed by atoms with Gasteiger partial charge in [-0.2, -0.15) is 0 Å². The summed E-state index contributed by atoms with van der Waals surface area (Å²) in [5.41, 5.74) is 1.80. The lowest BCUT2D eigenvalue weighted by atomic mass is 10.2. The molecule has 32 heavy (non-hydrogen) atoms. The number of benzene rings is 3. The summed E-state index contributed by atoms with van der Waals surface area (Å²) >= 11 is 5.82. The van der Waals surface area contributed by atoms with Crippen molar-refractivity contribution in [3.05, 3.63) is 83.4 Å². The molecule has 0 bridgehead atoms. The van der Waals surface area contributed by atoms with Crippen LogP contribution in [0.15, 0.2) is 77.7 Å². The van der Waals surface area contributed by atoms with Gasteiger partial charge < -0.3 is 10.6 Å². The lowest BCUT2D eigenvalue weighted by molar-refractivity contribution is -0.117. The summed E-state index contributed by atoms with van der Waals surface area (Å²) in [7, 11) is -3.81. The highest BCUT2D eigenvalue weighted by Gasteiger charge is 2.29. The van der Waals surface area contributed by atoms with Crippen LogP contribution in [0.2, 0.25) is 5.02 Å². The fraction of sp³-hybridized carbons (Fsp3) is 0.130. The van der Waals surface area contributed by atoms with Crippen molar-refractivity contribution in [1.29, 1.82) is 0 Å². The topological polar surface area (TPSA) is 104 Å². The van der Waals surface area contributed by atoms with Crippen molar-refractivity contribution in [3.63, 3.8) is 0 Å². The summed E-state index contributed by atoms with van der Waals surface area (Å²) in [5.74, 6) is -0.333. The Kier molecular flexibility index (Phi) is 6.16. The molecule has 4 rings (SSSR count). The molecular weight excluding hydrogens is 450 g/mol. The van der Waals surface area contributed by atoms with Crippen LogP contribution < -0.4 is 15.4 Å². The van der Waals surface area contributed by atoms with Crippen LogP contribution in [0.1, 0.15) is 23.2 Å². The SMILES string of the molecule is O=C(Nc1cccc(NC(=O)C2CC2)c1)c1ccc(S(=O)(=O)Nc2ccc(Cl)cc2)cc1. The molecule has 3 aromatic carbocycles. The van der Waals surface area contributed by atoms with E-state index in [1.807, 2.05) is 0 Å². The number of nitrogens with one attached hydrogen (secondary N) is 3. The molecule has 164 valence electrons. The minimum Gasteiger partial charge on any atom is -0.326 e. The Morgan fingerprint density at radius 1 is 0.812 bits per heavy atom. The van der Waals surface area contributed by atoms with Crippen LogP contribution in [0.25, 0.3) is 0 Å². The van der Waals surface area contributed by atoms with Gasteiger partial charge in [-0.05, 0) is 79.6 Å². The van der Waals surface area contributed by atoms with E-state index in [0.29, 0.717) is 27.6 Å². The summed E-state index contributed by atoms with van der Waals surface area (Å²) < 4.78 is 27.6. The predicted octanol–water partition coefficient (Wildman–Crippen LogP) is 4.74. The molecule has 0 unspecified atom stereocenters. The standard InChI is InChI=1S/C23H20ClN3O4S/c24-17-8-10-18(11-9-17)27-32(30,31)21-12-6-16(7-13-21)23(29)26-20-3-1-2-19(14-20)25-22(28)15-4-5-15/h1-3,6-15,27H,4-5H2,(H,25,28)(H,26,29). The van der Waals surface area contributed by atoms with E-state index in [1.165, 1.54) is 24.3 Å². The second-order valence-electron chi connectivity index (χ2n) is 7.44. The Morgan fingerprint density at radius 2 is 1.44 bits per heavy atom. The normalized spacial score (nSPS) is 13.3. The molecule has 1 aliphatic rings. The van der Waals surface area contributed by atoms with E-state index in [9.17, 15) is 18.0 Å². The highest BCUT2D eigenvalue weighted by molar-refractivity contribution is 7.92. The minimum atomic E-state index is -3.81. The second kappa shape index (κ2) is 9.02. The number of sulfonamides is 1. The van der Waals surface area contributed by atoms with Gasteiger partial charge in [-0.15, -0.1) is 0 Å². The summed E-state index contributed by atoms with van der Waals surface area (Å²) in [6.45, 7) is 0. The smallest absolute Gasteiger partial charge is 0.261 e. The number of hydrogen-bond donors (Lipinski definition) is 3. The average Bonchev–Trinajstić information content (AvgIpc) is 3.61. The lowest BCUT2D eigenvalue weighted by Gasteiger charge is -2.10. The largest absolute Gasteiger partial charge is 0.326 e.